The van der Waals surface area contributed by atoms with Gasteiger partial charge in [-0.25, -0.2) is 0 Å². The summed E-state index contributed by atoms with van der Waals surface area (Å²) in [5.74, 6) is -0.0750. The van der Waals surface area contributed by atoms with E-state index in [1.807, 2.05) is 18.2 Å². The number of rotatable bonds is 3. The highest BCUT2D eigenvalue weighted by Gasteiger charge is 2.12. The van der Waals surface area contributed by atoms with Crippen molar-refractivity contribution in [2.24, 2.45) is 0 Å². The zero-order chi connectivity index (χ0) is 13.8. The number of halogens is 1. The van der Waals surface area contributed by atoms with Crippen LogP contribution in [0.4, 0.5) is 0 Å². The average Bonchev–Trinajstić information content (AvgIpc) is 2.83. The smallest absolute Gasteiger partial charge is 0.253 e. The monoisotopic (exact) mass is 290 g/mol. The van der Waals surface area contributed by atoms with Gasteiger partial charge in [0.25, 0.3) is 5.91 Å². The first kappa shape index (κ1) is 13.6. The molecule has 2 rings (SSSR count). The number of carbonyl (C=O) groups excluding carboxylic acids is 1. The van der Waals surface area contributed by atoms with Gasteiger partial charge in [-0.05, 0) is 36.4 Å². The maximum atomic E-state index is 12.2. The van der Waals surface area contributed by atoms with Crippen LogP contribution in [0, 0.1) is 11.3 Å². The van der Waals surface area contributed by atoms with Crippen LogP contribution in [0.15, 0.2) is 36.4 Å². The van der Waals surface area contributed by atoms with Gasteiger partial charge in [0.15, 0.2) is 0 Å². The first-order valence-electron chi connectivity index (χ1n) is 5.60. The Labute approximate surface area is 120 Å². The normalized spacial score (nSPS) is 9.95. The molecule has 5 heteroatoms. The van der Waals surface area contributed by atoms with E-state index in [1.54, 1.807) is 36.2 Å². The lowest BCUT2D eigenvalue weighted by Crippen LogP contribution is -2.25. The molecule has 0 atom stereocenters. The summed E-state index contributed by atoms with van der Waals surface area (Å²) >= 11 is 7.32. The Balaban J connectivity index is 2.08. The van der Waals surface area contributed by atoms with Gasteiger partial charge < -0.3 is 4.90 Å². The van der Waals surface area contributed by atoms with Crippen LogP contribution in [0.5, 0.6) is 0 Å². The van der Waals surface area contributed by atoms with Crippen LogP contribution >= 0.6 is 22.9 Å². The molecule has 0 radical (unpaired) electrons. The first-order valence-corrected chi connectivity index (χ1v) is 6.79. The van der Waals surface area contributed by atoms with Crippen LogP contribution in [0.2, 0.25) is 4.34 Å². The molecule has 0 aliphatic rings. The van der Waals surface area contributed by atoms with Gasteiger partial charge in [0.05, 0.1) is 22.5 Å². The second-order valence-corrected chi connectivity index (χ2v) is 5.86. The minimum atomic E-state index is -0.0750. The molecule has 0 unspecified atom stereocenters. The van der Waals surface area contributed by atoms with Gasteiger partial charge >= 0.3 is 0 Å². The van der Waals surface area contributed by atoms with Crippen LogP contribution in [0.3, 0.4) is 0 Å². The number of nitrogens with zero attached hydrogens (tertiary/aromatic N) is 2. The highest BCUT2D eigenvalue weighted by Crippen LogP contribution is 2.22. The van der Waals surface area contributed by atoms with E-state index in [1.165, 1.54) is 11.3 Å². The fourth-order valence-corrected chi connectivity index (χ4v) is 2.79. The van der Waals surface area contributed by atoms with Crippen molar-refractivity contribution in [3.8, 4) is 6.07 Å². The quantitative estimate of drug-likeness (QED) is 0.868. The van der Waals surface area contributed by atoms with Crippen molar-refractivity contribution in [2.75, 3.05) is 7.05 Å². The Hall–Kier alpha value is -1.83. The largest absolute Gasteiger partial charge is 0.337 e. The second kappa shape index (κ2) is 5.87. The Morgan fingerprint density at radius 2 is 2.00 bits per heavy atom. The lowest BCUT2D eigenvalue weighted by atomic mass is 10.1. The fourth-order valence-electron chi connectivity index (χ4n) is 1.65. The van der Waals surface area contributed by atoms with Gasteiger partial charge in [0.2, 0.25) is 0 Å². The van der Waals surface area contributed by atoms with E-state index in [0.29, 0.717) is 22.0 Å². The number of nitriles is 1. The Bertz CT molecular complexity index is 628. The molecule has 0 spiro atoms. The van der Waals surface area contributed by atoms with Gasteiger partial charge in [-0.2, -0.15) is 5.26 Å². The van der Waals surface area contributed by atoms with Gasteiger partial charge in [-0.15, -0.1) is 11.3 Å². The number of carbonyl (C=O) groups is 1. The molecule has 19 heavy (non-hydrogen) atoms. The van der Waals surface area contributed by atoms with Crippen molar-refractivity contribution in [3.63, 3.8) is 0 Å². The molecule has 0 bridgehead atoms. The zero-order valence-electron chi connectivity index (χ0n) is 10.3. The lowest BCUT2D eigenvalue weighted by Gasteiger charge is -2.16. The molecule has 0 fully saturated rings. The van der Waals surface area contributed by atoms with E-state index in [9.17, 15) is 4.79 Å². The van der Waals surface area contributed by atoms with Crippen molar-refractivity contribution >= 4 is 28.8 Å². The van der Waals surface area contributed by atoms with Crippen molar-refractivity contribution in [1.29, 1.82) is 5.26 Å². The summed E-state index contributed by atoms with van der Waals surface area (Å²) in [5, 5.41) is 8.72. The number of benzene rings is 1. The molecule has 1 aromatic heterocycles. The average molecular weight is 291 g/mol. The van der Waals surface area contributed by atoms with Crippen molar-refractivity contribution in [3.05, 3.63) is 56.7 Å². The number of hydrogen-bond acceptors (Lipinski definition) is 3. The number of hydrogen-bond donors (Lipinski definition) is 0. The van der Waals surface area contributed by atoms with Crippen LogP contribution in [-0.4, -0.2) is 17.9 Å². The minimum Gasteiger partial charge on any atom is -0.337 e. The summed E-state index contributed by atoms with van der Waals surface area (Å²) in [6.07, 6.45) is 0. The predicted octanol–water partition coefficient (Wildman–Crippen LogP) is 3.55. The molecule has 96 valence electrons. The van der Waals surface area contributed by atoms with Crippen LogP contribution in [-0.2, 0) is 6.54 Å². The minimum absolute atomic E-state index is 0.0750. The highest BCUT2D eigenvalue weighted by molar-refractivity contribution is 7.16. The van der Waals surface area contributed by atoms with Crippen molar-refractivity contribution < 1.29 is 4.79 Å². The molecular formula is C14H11ClN2OS. The predicted molar refractivity (Wildman–Crippen MR) is 76.3 cm³/mol. The topological polar surface area (TPSA) is 44.1 Å². The maximum absolute atomic E-state index is 12.2. The number of amides is 1. The van der Waals surface area contributed by atoms with Crippen LogP contribution in [0.25, 0.3) is 0 Å². The molecule has 1 aromatic carbocycles. The molecule has 0 aliphatic heterocycles. The Kier molecular flexibility index (Phi) is 4.20. The van der Waals surface area contributed by atoms with E-state index in [2.05, 4.69) is 0 Å². The van der Waals surface area contributed by atoms with Crippen molar-refractivity contribution in [2.45, 2.75) is 6.54 Å². The third-order valence-corrected chi connectivity index (χ3v) is 3.85. The molecular weight excluding hydrogens is 280 g/mol. The van der Waals surface area contributed by atoms with Gasteiger partial charge in [0, 0.05) is 17.5 Å². The molecule has 0 saturated heterocycles. The van der Waals surface area contributed by atoms with Crippen LogP contribution in [0.1, 0.15) is 20.8 Å². The molecule has 3 nitrogen and oxygen atoms in total. The summed E-state index contributed by atoms with van der Waals surface area (Å²) in [5.41, 5.74) is 1.12. The number of thiophene rings is 1. The fraction of sp³-hybridized carbons (Fsp3) is 0.143. The van der Waals surface area contributed by atoms with Gasteiger partial charge in [0.1, 0.15) is 0 Å². The van der Waals surface area contributed by atoms with Crippen molar-refractivity contribution in [1.82, 2.24) is 4.90 Å². The Morgan fingerprint density at radius 3 is 2.53 bits per heavy atom. The van der Waals surface area contributed by atoms with E-state index < -0.39 is 0 Å². The maximum Gasteiger partial charge on any atom is 0.253 e. The molecule has 0 saturated carbocycles. The highest BCUT2D eigenvalue weighted by atomic mass is 35.5. The SMILES string of the molecule is CN(Cc1ccc(Cl)s1)C(=O)c1ccc(C#N)cc1. The summed E-state index contributed by atoms with van der Waals surface area (Å²) in [7, 11) is 1.74. The summed E-state index contributed by atoms with van der Waals surface area (Å²) in [6, 6.07) is 12.4. The molecule has 0 aliphatic carbocycles. The van der Waals surface area contributed by atoms with E-state index >= 15 is 0 Å². The third kappa shape index (κ3) is 3.34. The standard InChI is InChI=1S/C14H11ClN2OS/c1-17(9-12-6-7-13(15)19-12)14(18)11-4-2-10(8-16)3-5-11/h2-7H,9H2,1H3. The first-order chi connectivity index (χ1) is 9.10. The molecule has 1 heterocycles. The van der Waals surface area contributed by atoms with E-state index in [0.717, 1.165) is 4.88 Å². The van der Waals surface area contributed by atoms with E-state index in [-0.39, 0.29) is 5.91 Å². The summed E-state index contributed by atoms with van der Waals surface area (Å²) < 4.78 is 0.717. The van der Waals surface area contributed by atoms with E-state index in [4.69, 9.17) is 16.9 Å². The lowest BCUT2D eigenvalue weighted by molar-refractivity contribution is 0.0786. The zero-order valence-corrected chi connectivity index (χ0v) is 11.8. The summed E-state index contributed by atoms with van der Waals surface area (Å²) in [4.78, 5) is 14.8. The second-order valence-electron chi connectivity index (χ2n) is 4.06. The van der Waals surface area contributed by atoms with Gasteiger partial charge in [-0.1, -0.05) is 11.6 Å². The molecule has 1 amide bonds. The van der Waals surface area contributed by atoms with Crippen LogP contribution < -0.4 is 0 Å². The summed E-state index contributed by atoms with van der Waals surface area (Å²) in [6.45, 7) is 0.524. The molecule has 0 N–H and O–H groups in total. The molecule has 2 aromatic rings. The Morgan fingerprint density at radius 1 is 1.32 bits per heavy atom. The third-order valence-electron chi connectivity index (χ3n) is 2.63. The van der Waals surface area contributed by atoms with Gasteiger partial charge in [-0.3, -0.25) is 4.79 Å².